The Hall–Kier alpha value is -0.590. The minimum absolute atomic E-state index is 0.0620. The molecule has 1 aromatic heterocycles. The fourth-order valence-corrected chi connectivity index (χ4v) is 3.65. The van der Waals surface area contributed by atoms with Crippen LogP contribution < -0.4 is 4.72 Å². The molecule has 2 atom stereocenters. The lowest BCUT2D eigenvalue weighted by molar-refractivity contribution is 0.364. The van der Waals surface area contributed by atoms with E-state index in [0.717, 1.165) is 25.7 Å². The molecule has 18 heavy (non-hydrogen) atoms. The number of nitrogens with zero attached hydrogens (tertiary/aromatic N) is 2. The van der Waals surface area contributed by atoms with Gasteiger partial charge in [-0.2, -0.15) is 0 Å². The number of hydrogen-bond donors (Lipinski definition) is 1. The molecular weight excluding hydrogens is 274 g/mol. The van der Waals surface area contributed by atoms with Crippen LogP contribution in [0.2, 0.25) is 0 Å². The third-order valence-electron chi connectivity index (χ3n) is 3.31. The summed E-state index contributed by atoms with van der Waals surface area (Å²) in [6, 6.07) is 0. The van der Waals surface area contributed by atoms with E-state index in [4.69, 9.17) is 11.6 Å². The molecule has 0 amide bonds. The van der Waals surface area contributed by atoms with Crippen molar-refractivity contribution in [3.63, 3.8) is 0 Å². The first-order valence-electron chi connectivity index (χ1n) is 6.11. The predicted octanol–water partition coefficient (Wildman–Crippen LogP) is 1.50. The van der Waals surface area contributed by atoms with Gasteiger partial charge in [-0.15, -0.1) is 11.6 Å². The van der Waals surface area contributed by atoms with Crippen molar-refractivity contribution in [1.82, 2.24) is 14.3 Å². The molecule has 0 aromatic carbocycles. The average molecular weight is 292 g/mol. The van der Waals surface area contributed by atoms with E-state index in [0.29, 0.717) is 6.54 Å². The Balaban J connectivity index is 1.96. The molecule has 0 aliphatic heterocycles. The fourth-order valence-electron chi connectivity index (χ4n) is 2.21. The Morgan fingerprint density at radius 3 is 2.83 bits per heavy atom. The zero-order chi connectivity index (χ0) is 13.2. The second-order valence-electron chi connectivity index (χ2n) is 4.79. The van der Waals surface area contributed by atoms with Crippen molar-refractivity contribution < 1.29 is 8.42 Å². The van der Waals surface area contributed by atoms with Gasteiger partial charge in [-0.05, 0) is 18.8 Å². The summed E-state index contributed by atoms with van der Waals surface area (Å²) in [5, 5.41) is 0.136. The molecule has 1 saturated carbocycles. The molecule has 1 heterocycles. The molecule has 5 nitrogen and oxygen atoms in total. The number of sulfonamides is 1. The second-order valence-corrected chi connectivity index (χ2v) is 7.06. The van der Waals surface area contributed by atoms with Crippen LogP contribution in [-0.4, -0.2) is 29.9 Å². The number of nitrogens with one attached hydrogen (secondary N) is 1. The summed E-state index contributed by atoms with van der Waals surface area (Å²) in [4.78, 5) is 3.85. The Kier molecular flexibility index (Phi) is 4.29. The van der Waals surface area contributed by atoms with Gasteiger partial charge in [-0.1, -0.05) is 12.8 Å². The number of aryl methyl sites for hydroxylation is 1. The van der Waals surface area contributed by atoms with E-state index in [2.05, 4.69) is 9.71 Å². The SMILES string of the molecule is Cn1cnc(S(=O)(=O)NCC2CCCCC2Cl)c1. The molecule has 102 valence electrons. The number of halogens is 1. The third-order valence-corrected chi connectivity index (χ3v) is 5.19. The summed E-state index contributed by atoms with van der Waals surface area (Å²) in [6.45, 7) is 0.396. The van der Waals surface area contributed by atoms with Crippen molar-refractivity contribution in [2.75, 3.05) is 6.54 Å². The molecule has 1 aromatic rings. The number of alkyl halides is 1. The molecule has 1 aliphatic carbocycles. The third kappa shape index (κ3) is 3.24. The molecule has 7 heteroatoms. The first-order chi connectivity index (χ1) is 8.49. The molecule has 1 N–H and O–H groups in total. The molecule has 1 aliphatic rings. The summed E-state index contributed by atoms with van der Waals surface area (Å²) in [6.07, 6.45) is 7.17. The van der Waals surface area contributed by atoms with Crippen LogP contribution in [0.25, 0.3) is 0 Å². The van der Waals surface area contributed by atoms with E-state index in [1.807, 2.05) is 0 Å². The van der Waals surface area contributed by atoms with Crippen LogP contribution in [0.5, 0.6) is 0 Å². The van der Waals surface area contributed by atoms with Gasteiger partial charge in [0, 0.05) is 25.2 Å². The highest BCUT2D eigenvalue weighted by atomic mass is 35.5. The van der Waals surface area contributed by atoms with Crippen molar-refractivity contribution in [2.24, 2.45) is 13.0 Å². The average Bonchev–Trinajstić information content (AvgIpc) is 2.76. The minimum Gasteiger partial charge on any atom is -0.339 e. The van der Waals surface area contributed by atoms with Gasteiger partial charge in [0.2, 0.25) is 0 Å². The zero-order valence-electron chi connectivity index (χ0n) is 10.3. The van der Waals surface area contributed by atoms with Gasteiger partial charge in [-0.25, -0.2) is 18.1 Å². The molecule has 0 radical (unpaired) electrons. The van der Waals surface area contributed by atoms with Crippen molar-refractivity contribution in [2.45, 2.75) is 36.1 Å². The highest BCUT2D eigenvalue weighted by Crippen LogP contribution is 2.28. The number of imidazole rings is 1. The van der Waals surface area contributed by atoms with Crippen LogP contribution in [0.1, 0.15) is 25.7 Å². The lowest BCUT2D eigenvalue weighted by Crippen LogP contribution is -2.34. The van der Waals surface area contributed by atoms with Gasteiger partial charge in [0.1, 0.15) is 0 Å². The van der Waals surface area contributed by atoms with Crippen molar-refractivity contribution >= 4 is 21.6 Å². The summed E-state index contributed by atoms with van der Waals surface area (Å²) >= 11 is 6.21. The first kappa shape index (κ1) is 13.8. The molecule has 1 fully saturated rings. The highest BCUT2D eigenvalue weighted by Gasteiger charge is 2.25. The van der Waals surface area contributed by atoms with Crippen LogP contribution in [-0.2, 0) is 17.1 Å². The summed E-state index contributed by atoms with van der Waals surface area (Å²) in [7, 11) is -1.76. The largest absolute Gasteiger partial charge is 0.339 e. The number of hydrogen-bond acceptors (Lipinski definition) is 3. The second kappa shape index (κ2) is 5.59. The van der Waals surface area contributed by atoms with Gasteiger partial charge in [-0.3, -0.25) is 0 Å². The lowest BCUT2D eigenvalue weighted by Gasteiger charge is -2.26. The van der Waals surface area contributed by atoms with Crippen molar-refractivity contribution in [3.05, 3.63) is 12.5 Å². The quantitative estimate of drug-likeness (QED) is 0.855. The van der Waals surface area contributed by atoms with E-state index in [-0.39, 0.29) is 16.3 Å². The van der Waals surface area contributed by atoms with E-state index in [1.54, 1.807) is 11.6 Å². The van der Waals surface area contributed by atoms with Gasteiger partial charge < -0.3 is 4.57 Å². The Morgan fingerprint density at radius 2 is 2.22 bits per heavy atom. The van der Waals surface area contributed by atoms with Crippen LogP contribution in [0.3, 0.4) is 0 Å². The maximum Gasteiger partial charge on any atom is 0.259 e. The topological polar surface area (TPSA) is 64.0 Å². The molecule has 0 bridgehead atoms. The Morgan fingerprint density at radius 1 is 1.50 bits per heavy atom. The maximum absolute atomic E-state index is 12.0. The zero-order valence-corrected chi connectivity index (χ0v) is 11.9. The van der Waals surface area contributed by atoms with Gasteiger partial charge in [0.25, 0.3) is 10.0 Å². The highest BCUT2D eigenvalue weighted by molar-refractivity contribution is 7.89. The number of aromatic nitrogens is 2. The molecule has 0 spiro atoms. The molecule has 0 saturated heterocycles. The van der Waals surface area contributed by atoms with Crippen LogP contribution >= 0.6 is 11.6 Å². The molecular formula is C11H18ClN3O2S. The Labute approximate surface area is 113 Å². The standard InChI is InChI=1S/C11H18ClN3O2S/c1-15-7-11(13-8-15)18(16,17)14-6-9-4-2-3-5-10(9)12/h7-10,14H,2-6H2,1H3. The van der Waals surface area contributed by atoms with Crippen LogP contribution in [0.4, 0.5) is 0 Å². The van der Waals surface area contributed by atoms with Crippen molar-refractivity contribution in [1.29, 1.82) is 0 Å². The van der Waals surface area contributed by atoms with E-state index in [1.165, 1.54) is 12.5 Å². The fraction of sp³-hybridized carbons (Fsp3) is 0.727. The minimum atomic E-state index is -3.50. The van der Waals surface area contributed by atoms with Gasteiger partial charge in [0.05, 0.1) is 6.33 Å². The first-order valence-corrected chi connectivity index (χ1v) is 8.03. The summed E-state index contributed by atoms with van der Waals surface area (Å²) < 4.78 is 28.1. The summed E-state index contributed by atoms with van der Waals surface area (Å²) in [5.74, 6) is 0.221. The lowest BCUT2D eigenvalue weighted by atomic mass is 9.89. The number of rotatable bonds is 4. The molecule has 2 rings (SSSR count). The normalized spacial score (nSPS) is 25.2. The maximum atomic E-state index is 12.0. The van der Waals surface area contributed by atoms with Crippen molar-refractivity contribution in [3.8, 4) is 0 Å². The van der Waals surface area contributed by atoms with E-state index < -0.39 is 10.0 Å². The van der Waals surface area contributed by atoms with E-state index >= 15 is 0 Å². The summed E-state index contributed by atoms with van der Waals surface area (Å²) in [5.41, 5.74) is 0. The van der Waals surface area contributed by atoms with E-state index in [9.17, 15) is 8.42 Å². The monoisotopic (exact) mass is 291 g/mol. The Bertz CT molecular complexity index is 500. The predicted molar refractivity (Wildman–Crippen MR) is 70.0 cm³/mol. The van der Waals surface area contributed by atoms with Gasteiger partial charge in [0.15, 0.2) is 5.03 Å². The smallest absolute Gasteiger partial charge is 0.259 e. The van der Waals surface area contributed by atoms with Crippen LogP contribution in [0.15, 0.2) is 17.6 Å². The van der Waals surface area contributed by atoms with Crippen LogP contribution in [0, 0.1) is 5.92 Å². The van der Waals surface area contributed by atoms with Gasteiger partial charge >= 0.3 is 0 Å². The molecule has 2 unspecified atom stereocenters.